The van der Waals surface area contributed by atoms with E-state index in [1.165, 1.54) is 7.11 Å². The fourth-order valence-corrected chi connectivity index (χ4v) is 4.70. The summed E-state index contributed by atoms with van der Waals surface area (Å²) in [5, 5.41) is 0.102. The van der Waals surface area contributed by atoms with Crippen LogP contribution in [0.1, 0.15) is 34.6 Å². The highest BCUT2D eigenvalue weighted by atomic mass is 28.4. The summed E-state index contributed by atoms with van der Waals surface area (Å²) in [6.07, 6.45) is 1.70. The lowest BCUT2D eigenvalue weighted by Crippen LogP contribution is -2.65. The first-order valence-corrected chi connectivity index (χ1v) is 11.1. The van der Waals surface area contributed by atoms with Crippen LogP contribution in [0.15, 0.2) is 11.8 Å². The van der Waals surface area contributed by atoms with Crippen molar-refractivity contribution in [2.45, 2.75) is 64.9 Å². The molecule has 5 nitrogen and oxygen atoms in total. The van der Waals surface area contributed by atoms with Gasteiger partial charge in [-0.2, -0.15) is 0 Å². The summed E-state index contributed by atoms with van der Waals surface area (Å²) in [5.41, 5.74) is 0.380. The second-order valence-corrected chi connectivity index (χ2v) is 13.0. The minimum atomic E-state index is -1.93. The Morgan fingerprint density at radius 2 is 1.91 bits per heavy atom. The number of hydrogen-bond acceptors (Lipinski definition) is 4. The highest BCUT2D eigenvalue weighted by molar-refractivity contribution is 6.74. The summed E-state index contributed by atoms with van der Waals surface area (Å²) in [5.74, 6) is -0.513. The van der Waals surface area contributed by atoms with Crippen LogP contribution in [0.2, 0.25) is 18.1 Å². The lowest BCUT2D eigenvalue weighted by molar-refractivity contribution is -0.163. The van der Waals surface area contributed by atoms with Gasteiger partial charge in [0.1, 0.15) is 5.70 Å². The molecule has 0 radical (unpaired) electrons. The van der Waals surface area contributed by atoms with E-state index >= 15 is 0 Å². The van der Waals surface area contributed by atoms with Crippen molar-refractivity contribution in [2.75, 3.05) is 7.11 Å². The molecule has 3 unspecified atom stereocenters. The van der Waals surface area contributed by atoms with E-state index < -0.39 is 14.3 Å². The molecule has 2 aliphatic rings. The summed E-state index contributed by atoms with van der Waals surface area (Å²) in [4.78, 5) is 26.0. The summed E-state index contributed by atoms with van der Waals surface area (Å²) < 4.78 is 11.2. The fraction of sp³-hybridized carbons (Fsp3) is 0.765. The van der Waals surface area contributed by atoms with Crippen LogP contribution in [-0.4, -0.2) is 44.3 Å². The van der Waals surface area contributed by atoms with E-state index in [4.69, 9.17) is 9.16 Å². The maximum absolute atomic E-state index is 12.6. The van der Waals surface area contributed by atoms with Crippen LogP contribution in [0.4, 0.5) is 0 Å². The van der Waals surface area contributed by atoms with Crippen LogP contribution in [-0.2, 0) is 18.8 Å². The molecule has 1 fully saturated rings. The molecule has 0 saturated carbocycles. The molecule has 23 heavy (non-hydrogen) atoms. The highest BCUT2D eigenvalue weighted by Crippen LogP contribution is 2.46. The third kappa shape index (κ3) is 2.87. The third-order valence-electron chi connectivity index (χ3n) is 5.59. The van der Waals surface area contributed by atoms with Crippen molar-refractivity contribution in [3.63, 3.8) is 0 Å². The van der Waals surface area contributed by atoms with Gasteiger partial charge in [-0.15, -0.1) is 0 Å². The number of carbonyl (C=O) groups excluding carboxylic acids is 2. The summed E-state index contributed by atoms with van der Waals surface area (Å²) in [6.45, 7) is 15.0. The summed E-state index contributed by atoms with van der Waals surface area (Å²) in [6, 6.07) is 0.0105. The largest absolute Gasteiger partial charge is 0.464 e. The van der Waals surface area contributed by atoms with Crippen LogP contribution in [0, 0.1) is 11.8 Å². The second-order valence-electron chi connectivity index (χ2n) is 8.21. The summed E-state index contributed by atoms with van der Waals surface area (Å²) in [7, 11) is -0.594. The quantitative estimate of drug-likeness (QED) is 0.449. The molecule has 2 rings (SSSR count). The fourth-order valence-electron chi connectivity index (χ4n) is 3.27. The molecular formula is C17H29NO4Si. The van der Waals surface area contributed by atoms with Gasteiger partial charge in [0, 0.05) is 0 Å². The van der Waals surface area contributed by atoms with Gasteiger partial charge in [-0.1, -0.05) is 27.7 Å². The van der Waals surface area contributed by atoms with Gasteiger partial charge in [0.15, 0.2) is 8.32 Å². The van der Waals surface area contributed by atoms with E-state index in [2.05, 4.69) is 33.9 Å². The standard InChI is InChI=1S/C17H29NO4Si/c1-10-9-12(16(20)21-6)18-14(10)13(15(18)19)11(2)22-23(7,8)17(3,4)5/h9-11,13-14H,1-8H3/t10?,11-,13?,14?/m1/s1. The molecule has 0 N–H and O–H groups in total. The minimum Gasteiger partial charge on any atom is -0.464 e. The minimum absolute atomic E-state index is 0.0105. The van der Waals surface area contributed by atoms with Crippen molar-refractivity contribution in [1.29, 1.82) is 0 Å². The Labute approximate surface area is 140 Å². The van der Waals surface area contributed by atoms with Gasteiger partial charge in [-0.3, -0.25) is 4.79 Å². The van der Waals surface area contributed by atoms with Crippen LogP contribution < -0.4 is 0 Å². The van der Waals surface area contributed by atoms with Gasteiger partial charge >= 0.3 is 5.97 Å². The van der Waals surface area contributed by atoms with Crippen molar-refractivity contribution in [3.8, 4) is 0 Å². The number of carbonyl (C=O) groups is 2. The van der Waals surface area contributed by atoms with Gasteiger partial charge < -0.3 is 14.1 Å². The smallest absolute Gasteiger partial charge is 0.354 e. The molecule has 0 spiro atoms. The van der Waals surface area contributed by atoms with Crippen molar-refractivity contribution < 1.29 is 18.8 Å². The molecule has 2 aliphatic heterocycles. The van der Waals surface area contributed by atoms with Crippen molar-refractivity contribution in [2.24, 2.45) is 11.8 Å². The van der Waals surface area contributed by atoms with E-state index in [0.717, 1.165) is 0 Å². The molecule has 1 amide bonds. The number of fused-ring (bicyclic) bond motifs is 1. The lowest BCUT2D eigenvalue weighted by atomic mass is 9.79. The first-order chi connectivity index (χ1) is 10.4. The average Bonchev–Trinajstić information content (AvgIpc) is 2.69. The number of hydrogen-bond donors (Lipinski definition) is 0. The number of rotatable bonds is 4. The molecule has 130 valence electrons. The number of amides is 1. The van der Waals surface area contributed by atoms with Crippen molar-refractivity contribution in [3.05, 3.63) is 11.8 Å². The third-order valence-corrected chi connectivity index (χ3v) is 10.2. The Kier molecular flexibility index (Phi) is 4.54. The molecule has 0 aliphatic carbocycles. The zero-order valence-corrected chi connectivity index (χ0v) is 16.5. The molecule has 0 bridgehead atoms. The Morgan fingerprint density at radius 3 is 2.39 bits per heavy atom. The summed E-state index contributed by atoms with van der Waals surface area (Å²) >= 11 is 0. The molecule has 0 aromatic heterocycles. The first kappa shape index (κ1) is 18.2. The molecule has 1 saturated heterocycles. The first-order valence-electron chi connectivity index (χ1n) is 8.23. The van der Waals surface area contributed by atoms with E-state index in [1.54, 1.807) is 4.90 Å². The Bertz CT molecular complexity index is 549. The number of esters is 1. The molecular weight excluding hydrogens is 310 g/mol. The maximum Gasteiger partial charge on any atom is 0.354 e. The van der Waals surface area contributed by atoms with Gasteiger partial charge in [0.2, 0.25) is 5.91 Å². The van der Waals surface area contributed by atoms with Crippen LogP contribution in [0.25, 0.3) is 0 Å². The molecule has 0 aromatic rings. The number of β-lactam (4-membered cyclic amide) rings is 1. The molecule has 2 heterocycles. The maximum atomic E-state index is 12.6. The van der Waals surface area contributed by atoms with Gasteiger partial charge in [0.25, 0.3) is 0 Å². The van der Waals surface area contributed by atoms with E-state index in [9.17, 15) is 9.59 Å². The Balaban J connectivity index is 2.13. The molecule has 4 atom stereocenters. The lowest BCUT2D eigenvalue weighted by Gasteiger charge is -2.50. The zero-order chi connectivity index (χ0) is 17.7. The van der Waals surface area contributed by atoms with Crippen molar-refractivity contribution in [1.82, 2.24) is 4.90 Å². The number of methoxy groups -OCH3 is 1. The van der Waals surface area contributed by atoms with E-state index in [1.807, 2.05) is 19.9 Å². The van der Waals surface area contributed by atoms with Crippen LogP contribution in [0.3, 0.4) is 0 Å². The number of ether oxygens (including phenoxy) is 1. The Morgan fingerprint density at radius 1 is 1.35 bits per heavy atom. The number of nitrogens with zero attached hydrogens (tertiary/aromatic N) is 1. The predicted octanol–water partition coefficient (Wildman–Crippen LogP) is 2.93. The van der Waals surface area contributed by atoms with Crippen molar-refractivity contribution >= 4 is 20.2 Å². The van der Waals surface area contributed by atoms with Gasteiger partial charge in [-0.25, -0.2) is 4.79 Å². The van der Waals surface area contributed by atoms with Gasteiger partial charge in [0.05, 0.1) is 25.2 Å². The molecule has 0 aromatic carbocycles. The monoisotopic (exact) mass is 339 g/mol. The van der Waals surface area contributed by atoms with Gasteiger partial charge in [-0.05, 0) is 37.0 Å². The predicted molar refractivity (Wildman–Crippen MR) is 91.1 cm³/mol. The zero-order valence-electron chi connectivity index (χ0n) is 15.5. The highest BCUT2D eigenvalue weighted by Gasteiger charge is 2.58. The Hall–Kier alpha value is -1.14. The van der Waals surface area contributed by atoms with Crippen LogP contribution in [0.5, 0.6) is 0 Å². The molecule has 6 heteroatoms. The SMILES string of the molecule is COC(=O)C1=CC(C)C2C([C@@H](C)O[Si](C)(C)C(C)(C)C)C(=O)N12. The topological polar surface area (TPSA) is 55.8 Å². The second kappa shape index (κ2) is 5.74. The normalized spacial score (nSPS) is 28.9. The van der Waals surface area contributed by atoms with E-state index in [0.29, 0.717) is 5.70 Å². The van der Waals surface area contributed by atoms with E-state index in [-0.39, 0.29) is 34.9 Å². The van der Waals surface area contributed by atoms with Crippen LogP contribution >= 0.6 is 0 Å². The average molecular weight is 340 g/mol.